The van der Waals surface area contributed by atoms with E-state index in [4.69, 9.17) is 5.73 Å². The quantitative estimate of drug-likeness (QED) is 0.662. The zero-order chi connectivity index (χ0) is 15.0. The van der Waals surface area contributed by atoms with Crippen LogP contribution in [-0.4, -0.2) is 24.4 Å². The second-order valence-electron chi connectivity index (χ2n) is 4.46. The van der Waals surface area contributed by atoms with Crippen LogP contribution < -0.4 is 16.4 Å². The van der Waals surface area contributed by atoms with E-state index in [1.807, 2.05) is 6.92 Å². The van der Waals surface area contributed by atoms with Gasteiger partial charge in [-0.3, -0.25) is 9.59 Å². The molecule has 0 aromatic heterocycles. The van der Waals surface area contributed by atoms with Crippen LogP contribution >= 0.6 is 0 Å². The Morgan fingerprint density at radius 3 is 2.55 bits per heavy atom. The van der Waals surface area contributed by atoms with Crippen LogP contribution in [0, 0.1) is 0 Å². The average Bonchev–Trinajstić information content (AvgIpc) is 2.45. The summed E-state index contributed by atoms with van der Waals surface area (Å²) in [6, 6.07) is 6.16. The Bertz CT molecular complexity index is 469. The number of amides is 2. The van der Waals surface area contributed by atoms with Crippen molar-refractivity contribution in [2.24, 2.45) is 5.73 Å². The molecular weight excluding hydrogens is 254 g/mol. The highest BCUT2D eigenvalue weighted by atomic mass is 16.2. The van der Waals surface area contributed by atoms with E-state index in [2.05, 4.69) is 17.2 Å². The van der Waals surface area contributed by atoms with Gasteiger partial charge in [0.05, 0.1) is 6.04 Å². The number of nitrogens with one attached hydrogen (secondary N) is 2. The Hall–Kier alpha value is -2.14. The molecule has 4 N–H and O–H groups in total. The summed E-state index contributed by atoms with van der Waals surface area (Å²) >= 11 is 0. The molecule has 1 rings (SSSR count). The summed E-state index contributed by atoms with van der Waals surface area (Å²) in [4.78, 5) is 23.4. The Balaban J connectivity index is 2.60. The maximum atomic E-state index is 11.7. The molecule has 20 heavy (non-hydrogen) atoms. The van der Waals surface area contributed by atoms with Crippen molar-refractivity contribution in [2.45, 2.75) is 25.8 Å². The minimum absolute atomic E-state index is 0.175. The molecule has 1 aromatic rings. The van der Waals surface area contributed by atoms with E-state index in [0.717, 1.165) is 6.42 Å². The molecule has 0 aliphatic rings. The van der Waals surface area contributed by atoms with Crippen LogP contribution in [0.25, 0.3) is 0 Å². The van der Waals surface area contributed by atoms with Gasteiger partial charge in [-0.1, -0.05) is 19.4 Å². The first-order valence-electron chi connectivity index (χ1n) is 6.64. The fourth-order valence-electron chi connectivity index (χ4n) is 1.65. The lowest BCUT2D eigenvalue weighted by atomic mass is 10.1. The standard InChI is InChI=1S/C15H21N3O2/c1-3-5-13(16)15(20)18-12-8-6-11(7-9-12)14(19)17-10-4-2/h4,6-9,13H,2-3,5,10,16H2,1H3,(H,17,19)(H,18,20)/t13-/m0/s1. The summed E-state index contributed by atoms with van der Waals surface area (Å²) in [6.07, 6.45) is 3.12. The van der Waals surface area contributed by atoms with Gasteiger partial charge >= 0.3 is 0 Å². The van der Waals surface area contributed by atoms with Gasteiger partial charge in [0.15, 0.2) is 0 Å². The van der Waals surface area contributed by atoms with E-state index >= 15 is 0 Å². The lowest BCUT2D eigenvalue weighted by Gasteiger charge is -2.11. The number of carbonyl (C=O) groups excluding carboxylic acids is 2. The third kappa shape index (κ3) is 4.85. The molecule has 5 nitrogen and oxygen atoms in total. The van der Waals surface area contributed by atoms with E-state index in [0.29, 0.717) is 24.2 Å². The number of rotatable bonds is 7. The maximum absolute atomic E-state index is 11.7. The predicted molar refractivity (Wildman–Crippen MR) is 80.5 cm³/mol. The fourth-order valence-corrected chi connectivity index (χ4v) is 1.65. The molecule has 0 aliphatic carbocycles. The Labute approximate surface area is 119 Å². The summed E-state index contributed by atoms with van der Waals surface area (Å²) in [6.45, 7) is 5.93. The Kier molecular flexibility index (Phi) is 6.46. The lowest BCUT2D eigenvalue weighted by Crippen LogP contribution is -2.35. The minimum atomic E-state index is -0.504. The molecule has 1 aromatic carbocycles. The molecule has 5 heteroatoms. The SMILES string of the molecule is C=CCNC(=O)c1ccc(NC(=O)[C@@H](N)CCC)cc1. The van der Waals surface area contributed by atoms with E-state index in [9.17, 15) is 9.59 Å². The summed E-state index contributed by atoms with van der Waals surface area (Å²) < 4.78 is 0. The highest BCUT2D eigenvalue weighted by Crippen LogP contribution is 2.10. The third-order valence-corrected chi connectivity index (χ3v) is 2.76. The van der Waals surface area contributed by atoms with Gasteiger partial charge in [0.1, 0.15) is 0 Å². The minimum Gasteiger partial charge on any atom is -0.349 e. The number of benzene rings is 1. The number of hydrogen-bond donors (Lipinski definition) is 3. The molecule has 2 amide bonds. The first-order valence-corrected chi connectivity index (χ1v) is 6.64. The van der Waals surface area contributed by atoms with Crippen molar-refractivity contribution in [3.8, 4) is 0 Å². The van der Waals surface area contributed by atoms with E-state index in [-0.39, 0.29) is 11.8 Å². The van der Waals surface area contributed by atoms with E-state index < -0.39 is 6.04 Å². The second kappa shape index (κ2) is 8.12. The van der Waals surface area contributed by atoms with Crippen LogP contribution in [0.15, 0.2) is 36.9 Å². The lowest BCUT2D eigenvalue weighted by molar-refractivity contribution is -0.117. The van der Waals surface area contributed by atoms with Crippen molar-refractivity contribution in [2.75, 3.05) is 11.9 Å². The number of anilines is 1. The van der Waals surface area contributed by atoms with Gasteiger partial charge in [-0.2, -0.15) is 0 Å². The van der Waals surface area contributed by atoms with Crippen LogP contribution in [0.4, 0.5) is 5.69 Å². The van der Waals surface area contributed by atoms with Gasteiger partial charge in [-0.05, 0) is 30.7 Å². The highest BCUT2D eigenvalue weighted by Gasteiger charge is 2.12. The van der Waals surface area contributed by atoms with Gasteiger partial charge in [0.25, 0.3) is 5.91 Å². The molecule has 108 valence electrons. The zero-order valence-electron chi connectivity index (χ0n) is 11.7. The molecule has 0 fully saturated rings. The molecule has 1 atom stereocenters. The van der Waals surface area contributed by atoms with Crippen molar-refractivity contribution in [3.05, 3.63) is 42.5 Å². The van der Waals surface area contributed by atoms with Gasteiger partial charge in [0.2, 0.25) is 5.91 Å². The summed E-state index contributed by atoms with van der Waals surface area (Å²) in [5.74, 6) is -0.388. The molecule has 0 radical (unpaired) electrons. The number of hydrogen-bond acceptors (Lipinski definition) is 3. The zero-order valence-corrected chi connectivity index (χ0v) is 11.7. The monoisotopic (exact) mass is 275 g/mol. The van der Waals surface area contributed by atoms with E-state index in [1.165, 1.54) is 0 Å². The summed E-state index contributed by atoms with van der Waals surface area (Å²) in [7, 11) is 0. The molecule has 0 saturated heterocycles. The largest absolute Gasteiger partial charge is 0.349 e. The third-order valence-electron chi connectivity index (χ3n) is 2.76. The van der Waals surface area contributed by atoms with E-state index in [1.54, 1.807) is 30.3 Å². The molecule has 0 aliphatic heterocycles. The molecule has 0 bridgehead atoms. The molecule has 0 saturated carbocycles. The maximum Gasteiger partial charge on any atom is 0.251 e. The van der Waals surface area contributed by atoms with Gasteiger partial charge < -0.3 is 16.4 Å². The van der Waals surface area contributed by atoms with Crippen LogP contribution in [0.3, 0.4) is 0 Å². The van der Waals surface area contributed by atoms with Crippen molar-refractivity contribution in [1.82, 2.24) is 5.32 Å². The number of nitrogens with two attached hydrogens (primary N) is 1. The van der Waals surface area contributed by atoms with Gasteiger partial charge in [-0.15, -0.1) is 6.58 Å². The average molecular weight is 275 g/mol. The first-order chi connectivity index (χ1) is 9.58. The van der Waals surface area contributed by atoms with Gasteiger partial charge in [0, 0.05) is 17.8 Å². The van der Waals surface area contributed by atoms with Crippen molar-refractivity contribution < 1.29 is 9.59 Å². The molecule has 0 spiro atoms. The highest BCUT2D eigenvalue weighted by molar-refractivity contribution is 5.97. The normalized spacial score (nSPS) is 11.5. The summed E-state index contributed by atoms with van der Waals surface area (Å²) in [5.41, 5.74) is 6.88. The Morgan fingerprint density at radius 2 is 2.00 bits per heavy atom. The smallest absolute Gasteiger partial charge is 0.251 e. The van der Waals surface area contributed by atoms with Crippen molar-refractivity contribution >= 4 is 17.5 Å². The predicted octanol–water partition coefficient (Wildman–Crippen LogP) is 1.67. The van der Waals surface area contributed by atoms with Gasteiger partial charge in [-0.25, -0.2) is 0 Å². The molecular formula is C15H21N3O2. The van der Waals surface area contributed by atoms with Crippen LogP contribution in [0.1, 0.15) is 30.1 Å². The fraction of sp³-hybridized carbons (Fsp3) is 0.333. The first kappa shape index (κ1) is 15.9. The number of carbonyl (C=O) groups is 2. The van der Waals surface area contributed by atoms with Crippen molar-refractivity contribution in [1.29, 1.82) is 0 Å². The van der Waals surface area contributed by atoms with Crippen LogP contribution in [-0.2, 0) is 4.79 Å². The molecule has 0 heterocycles. The summed E-state index contributed by atoms with van der Waals surface area (Å²) in [5, 5.41) is 5.40. The van der Waals surface area contributed by atoms with Crippen LogP contribution in [0.5, 0.6) is 0 Å². The molecule has 0 unspecified atom stereocenters. The second-order valence-corrected chi connectivity index (χ2v) is 4.46. The van der Waals surface area contributed by atoms with Crippen LogP contribution in [0.2, 0.25) is 0 Å². The Morgan fingerprint density at radius 1 is 1.35 bits per heavy atom. The van der Waals surface area contributed by atoms with Crippen molar-refractivity contribution in [3.63, 3.8) is 0 Å². The topological polar surface area (TPSA) is 84.2 Å².